The Bertz CT molecular complexity index is 359. The van der Waals surface area contributed by atoms with E-state index in [-0.39, 0.29) is 6.04 Å². The summed E-state index contributed by atoms with van der Waals surface area (Å²) >= 11 is 0. The Morgan fingerprint density at radius 3 is 2.86 bits per heavy atom. The van der Waals surface area contributed by atoms with Gasteiger partial charge in [0.05, 0.1) is 6.04 Å². The number of aromatic amines is 1. The molecule has 0 fully saturated rings. The van der Waals surface area contributed by atoms with Gasteiger partial charge < -0.3 is 4.98 Å². The largest absolute Gasteiger partial charge is 0.347 e. The van der Waals surface area contributed by atoms with Gasteiger partial charge in [-0.2, -0.15) is 13.1 Å². The zero-order chi connectivity index (χ0) is 10.6. The first kappa shape index (κ1) is 11.2. The van der Waals surface area contributed by atoms with Crippen LogP contribution >= 0.6 is 0 Å². The molecule has 1 aromatic rings. The summed E-state index contributed by atoms with van der Waals surface area (Å²) in [6, 6.07) is -0.367. The van der Waals surface area contributed by atoms with Crippen molar-refractivity contribution in [3.05, 3.63) is 18.2 Å². The molecule has 1 atom stereocenters. The van der Waals surface area contributed by atoms with Crippen molar-refractivity contribution in [3.8, 4) is 0 Å². The van der Waals surface area contributed by atoms with Gasteiger partial charge in [-0.1, -0.05) is 6.92 Å². The molecular weight excluding hydrogens is 204 g/mol. The van der Waals surface area contributed by atoms with Crippen LogP contribution in [0.1, 0.15) is 25.7 Å². The van der Waals surface area contributed by atoms with Gasteiger partial charge in [-0.3, -0.25) is 0 Å². The van der Waals surface area contributed by atoms with E-state index in [1.807, 2.05) is 0 Å². The van der Waals surface area contributed by atoms with Crippen LogP contribution in [-0.4, -0.2) is 24.9 Å². The lowest BCUT2D eigenvalue weighted by atomic mass is 10.3. The monoisotopic (exact) mass is 218 g/mol. The van der Waals surface area contributed by atoms with Gasteiger partial charge in [-0.25, -0.2) is 9.71 Å². The molecule has 0 saturated heterocycles. The van der Waals surface area contributed by atoms with Crippen LogP contribution in [0.3, 0.4) is 0 Å². The van der Waals surface area contributed by atoms with Crippen molar-refractivity contribution in [2.24, 2.45) is 0 Å². The summed E-state index contributed by atoms with van der Waals surface area (Å²) in [6.07, 6.45) is 3.22. The first-order valence-electron chi connectivity index (χ1n) is 4.31. The molecule has 0 aliphatic rings. The Hall–Kier alpha value is -0.920. The van der Waals surface area contributed by atoms with Crippen molar-refractivity contribution in [2.45, 2.75) is 19.9 Å². The third-order valence-corrected chi connectivity index (χ3v) is 2.93. The third-order valence-electron chi connectivity index (χ3n) is 1.60. The van der Waals surface area contributed by atoms with E-state index in [1.165, 1.54) is 0 Å². The lowest BCUT2D eigenvalue weighted by Crippen LogP contribution is -2.38. The van der Waals surface area contributed by atoms with Crippen LogP contribution < -0.4 is 9.44 Å². The summed E-state index contributed by atoms with van der Waals surface area (Å²) in [5, 5.41) is 0. The summed E-state index contributed by atoms with van der Waals surface area (Å²) in [7, 11) is -3.42. The highest BCUT2D eigenvalue weighted by molar-refractivity contribution is 7.87. The molecule has 0 aromatic carbocycles. The van der Waals surface area contributed by atoms with E-state index in [2.05, 4.69) is 19.4 Å². The minimum Gasteiger partial charge on any atom is -0.347 e. The molecule has 0 saturated carbocycles. The summed E-state index contributed by atoms with van der Waals surface area (Å²) in [6.45, 7) is 3.80. The summed E-state index contributed by atoms with van der Waals surface area (Å²) in [5.74, 6) is 0.589. The molecule has 0 aliphatic carbocycles. The highest BCUT2D eigenvalue weighted by Crippen LogP contribution is 2.05. The van der Waals surface area contributed by atoms with Crippen LogP contribution in [0.2, 0.25) is 0 Å². The second-order valence-corrected chi connectivity index (χ2v) is 4.35. The molecule has 80 valence electrons. The van der Waals surface area contributed by atoms with Crippen molar-refractivity contribution in [3.63, 3.8) is 0 Å². The van der Waals surface area contributed by atoms with E-state index >= 15 is 0 Å². The van der Waals surface area contributed by atoms with Gasteiger partial charge in [0.15, 0.2) is 0 Å². The molecule has 0 radical (unpaired) electrons. The van der Waals surface area contributed by atoms with E-state index < -0.39 is 10.2 Å². The number of hydrogen-bond acceptors (Lipinski definition) is 3. The van der Waals surface area contributed by atoms with E-state index in [4.69, 9.17) is 0 Å². The standard InChI is InChI=1S/C7H14N4O2S/c1-3-10-14(12,13)11-6(2)7-8-4-5-9-7/h4-6,10-11H,3H2,1-2H3,(H,8,9). The molecule has 6 nitrogen and oxygen atoms in total. The number of imidazole rings is 1. The Balaban J connectivity index is 2.61. The number of H-pyrrole nitrogens is 1. The fourth-order valence-electron chi connectivity index (χ4n) is 1.03. The van der Waals surface area contributed by atoms with Gasteiger partial charge in [0.1, 0.15) is 5.82 Å². The molecule has 0 spiro atoms. The maximum Gasteiger partial charge on any atom is 0.277 e. The maximum absolute atomic E-state index is 11.3. The highest BCUT2D eigenvalue weighted by atomic mass is 32.2. The maximum atomic E-state index is 11.3. The lowest BCUT2D eigenvalue weighted by Gasteiger charge is -2.11. The topological polar surface area (TPSA) is 86.9 Å². The van der Waals surface area contributed by atoms with Gasteiger partial charge >= 0.3 is 0 Å². The normalized spacial score (nSPS) is 14.1. The summed E-state index contributed by atoms with van der Waals surface area (Å²) in [4.78, 5) is 6.79. The highest BCUT2D eigenvalue weighted by Gasteiger charge is 2.15. The molecule has 3 N–H and O–H groups in total. The van der Waals surface area contributed by atoms with Gasteiger partial charge in [0.2, 0.25) is 0 Å². The van der Waals surface area contributed by atoms with Crippen LogP contribution in [0.15, 0.2) is 12.4 Å². The molecule has 14 heavy (non-hydrogen) atoms. The van der Waals surface area contributed by atoms with E-state index in [0.717, 1.165) is 0 Å². The number of aromatic nitrogens is 2. The van der Waals surface area contributed by atoms with Crippen molar-refractivity contribution in [1.29, 1.82) is 0 Å². The Kier molecular flexibility index (Phi) is 3.62. The minimum absolute atomic E-state index is 0.361. The quantitative estimate of drug-likeness (QED) is 0.645. The van der Waals surface area contributed by atoms with Crippen LogP contribution in [0.25, 0.3) is 0 Å². The predicted octanol–water partition coefficient (Wildman–Crippen LogP) is -0.0854. The van der Waals surface area contributed by atoms with Gasteiger partial charge in [0, 0.05) is 18.9 Å². The second kappa shape index (κ2) is 4.54. The molecule has 0 amide bonds. The molecule has 0 bridgehead atoms. The molecule has 1 heterocycles. The minimum atomic E-state index is -3.42. The first-order valence-corrected chi connectivity index (χ1v) is 5.79. The Morgan fingerprint density at radius 2 is 2.36 bits per heavy atom. The van der Waals surface area contributed by atoms with E-state index in [9.17, 15) is 8.42 Å². The summed E-state index contributed by atoms with van der Waals surface area (Å²) in [5.41, 5.74) is 0. The second-order valence-electron chi connectivity index (χ2n) is 2.82. The average Bonchev–Trinajstić information content (AvgIpc) is 2.53. The van der Waals surface area contributed by atoms with Gasteiger partial charge in [-0.15, -0.1) is 0 Å². The molecule has 0 aliphatic heterocycles. The SMILES string of the molecule is CCNS(=O)(=O)NC(C)c1ncc[nH]1. The number of nitrogens with one attached hydrogen (secondary N) is 3. The molecule has 1 aromatic heterocycles. The number of hydrogen-bond donors (Lipinski definition) is 3. The zero-order valence-electron chi connectivity index (χ0n) is 8.11. The van der Waals surface area contributed by atoms with Crippen LogP contribution in [0.5, 0.6) is 0 Å². The van der Waals surface area contributed by atoms with Crippen molar-refractivity contribution < 1.29 is 8.42 Å². The number of rotatable bonds is 5. The van der Waals surface area contributed by atoms with Gasteiger partial charge in [-0.05, 0) is 6.92 Å². The smallest absolute Gasteiger partial charge is 0.277 e. The fourth-order valence-corrected chi connectivity index (χ4v) is 2.07. The Morgan fingerprint density at radius 1 is 1.64 bits per heavy atom. The Labute approximate surface area is 83.3 Å². The molecule has 1 unspecified atom stereocenters. The molecule has 7 heteroatoms. The van der Waals surface area contributed by atoms with Gasteiger partial charge in [0.25, 0.3) is 10.2 Å². The number of nitrogens with zero attached hydrogens (tertiary/aromatic N) is 1. The van der Waals surface area contributed by atoms with Crippen molar-refractivity contribution >= 4 is 10.2 Å². The average molecular weight is 218 g/mol. The zero-order valence-corrected chi connectivity index (χ0v) is 8.93. The fraction of sp³-hybridized carbons (Fsp3) is 0.571. The van der Waals surface area contributed by atoms with Crippen LogP contribution in [0, 0.1) is 0 Å². The van der Waals surface area contributed by atoms with Crippen LogP contribution in [-0.2, 0) is 10.2 Å². The lowest BCUT2D eigenvalue weighted by molar-refractivity contribution is 0.549. The molecule has 1 rings (SSSR count). The first-order chi connectivity index (χ1) is 6.55. The van der Waals surface area contributed by atoms with E-state index in [0.29, 0.717) is 12.4 Å². The third kappa shape index (κ3) is 3.09. The summed E-state index contributed by atoms with van der Waals surface area (Å²) < 4.78 is 27.3. The van der Waals surface area contributed by atoms with Crippen molar-refractivity contribution in [1.82, 2.24) is 19.4 Å². The van der Waals surface area contributed by atoms with Crippen molar-refractivity contribution in [2.75, 3.05) is 6.54 Å². The van der Waals surface area contributed by atoms with Crippen LogP contribution in [0.4, 0.5) is 0 Å². The van der Waals surface area contributed by atoms with E-state index in [1.54, 1.807) is 26.2 Å². The molecular formula is C7H14N4O2S. The predicted molar refractivity (Wildman–Crippen MR) is 52.7 cm³/mol.